The topological polar surface area (TPSA) is 64.9 Å². The van der Waals surface area contributed by atoms with Gasteiger partial charge in [0.25, 0.3) is 0 Å². The highest BCUT2D eigenvalue weighted by molar-refractivity contribution is 9.10. The van der Waals surface area contributed by atoms with E-state index in [1.807, 2.05) is 36.4 Å². The van der Waals surface area contributed by atoms with E-state index in [1.54, 1.807) is 6.20 Å². The number of nitrogens with zero attached hydrogens (tertiary/aromatic N) is 1. The number of halogens is 1. The number of hydrogen-bond donors (Lipinski definition) is 2. The SMILES string of the molecule is Nc1ncccc1C(N)c1ccc(Br)cc1. The van der Waals surface area contributed by atoms with Crippen molar-refractivity contribution in [2.24, 2.45) is 5.73 Å². The van der Waals surface area contributed by atoms with Crippen LogP contribution in [0, 0.1) is 0 Å². The van der Waals surface area contributed by atoms with Gasteiger partial charge in [-0.2, -0.15) is 0 Å². The molecular formula is C12H12BrN3. The van der Waals surface area contributed by atoms with Gasteiger partial charge in [-0.05, 0) is 23.8 Å². The Hall–Kier alpha value is -1.39. The normalized spacial score (nSPS) is 12.4. The van der Waals surface area contributed by atoms with Crippen LogP contribution < -0.4 is 11.5 Å². The van der Waals surface area contributed by atoms with Crippen molar-refractivity contribution in [2.75, 3.05) is 5.73 Å². The van der Waals surface area contributed by atoms with Gasteiger partial charge < -0.3 is 11.5 Å². The molecule has 0 saturated carbocycles. The van der Waals surface area contributed by atoms with Gasteiger partial charge in [-0.3, -0.25) is 0 Å². The van der Waals surface area contributed by atoms with Gasteiger partial charge in [-0.15, -0.1) is 0 Å². The molecule has 0 saturated heterocycles. The van der Waals surface area contributed by atoms with Crippen LogP contribution in [-0.2, 0) is 0 Å². The molecule has 0 aliphatic rings. The molecule has 4 heteroatoms. The van der Waals surface area contributed by atoms with E-state index in [0.29, 0.717) is 5.82 Å². The largest absolute Gasteiger partial charge is 0.383 e. The number of anilines is 1. The van der Waals surface area contributed by atoms with Crippen LogP contribution in [0.5, 0.6) is 0 Å². The molecule has 3 nitrogen and oxygen atoms in total. The van der Waals surface area contributed by atoms with Crippen LogP contribution in [0.25, 0.3) is 0 Å². The number of aromatic nitrogens is 1. The molecule has 1 aromatic heterocycles. The smallest absolute Gasteiger partial charge is 0.128 e. The second kappa shape index (κ2) is 4.63. The molecule has 1 aromatic carbocycles. The van der Waals surface area contributed by atoms with Crippen LogP contribution in [0.2, 0.25) is 0 Å². The molecule has 0 amide bonds. The minimum Gasteiger partial charge on any atom is -0.383 e. The van der Waals surface area contributed by atoms with Crippen molar-refractivity contribution in [1.29, 1.82) is 0 Å². The van der Waals surface area contributed by atoms with Gasteiger partial charge in [-0.25, -0.2) is 4.98 Å². The van der Waals surface area contributed by atoms with E-state index >= 15 is 0 Å². The summed E-state index contributed by atoms with van der Waals surface area (Å²) >= 11 is 3.39. The highest BCUT2D eigenvalue weighted by Gasteiger charge is 2.11. The summed E-state index contributed by atoms with van der Waals surface area (Å²) in [5, 5.41) is 0. The summed E-state index contributed by atoms with van der Waals surface area (Å²) in [7, 11) is 0. The minimum absolute atomic E-state index is 0.234. The zero-order valence-corrected chi connectivity index (χ0v) is 10.2. The van der Waals surface area contributed by atoms with Gasteiger partial charge in [0, 0.05) is 16.2 Å². The fourth-order valence-corrected chi connectivity index (χ4v) is 1.81. The molecule has 0 bridgehead atoms. The molecule has 2 aromatic rings. The third kappa shape index (κ3) is 2.23. The molecule has 0 aliphatic carbocycles. The first-order valence-electron chi connectivity index (χ1n) is 4.90. The Kier molecular flexibility index (Phi) is 3.22. The zero-order chi connectivity index (χ0) is 11.5. The summed E-state index contributed by atoms with van der Waals surface area (Å²) in [6.07, 6.45) is 1.66. The highest BCUT2D eigenvalue weighted by atomic mass is 79.9. The maximum atomic E-state index is 6.13. The second-order valence-electron chi connectivity index (χ2n) is 3.51. The molecular weight excluding hydrogens is 266 g/mol. The summed E-state index contributed by atoms with van der Waals surface area (Å²) in [6, 6.07) is 11.4. The first-order chi connectivity index (χ1) is 7.68. The first kappa shape index (κ1) is 11.1. The fraction of sp³-hybridized carbons (Fsp3) is 0.0833. The Morgan fingerprint density at radius 2 is 1.81 bits per heavy atom. The molecule has 4 N–H and O–H groups in total. The Balaban J connectivity index is 2.35. The number of nitrogen functional groups attached to an aromatic ring is 1. The van der Waals surface area contributed by atoms with E-state index in [2.05, 4.69) is 20.9 Å². The molecule has 82 valence electrons. The zero-order valence-electron chi connectivity index (χ0n) is 8.60. The molecule has 0 radical (unpaired) electrons. The Labute approximate surface area is 103 Å². The van der Waals surface area contributed by atoms with E-state index in [9.17, 15) is 0 Å². The third-order valence-electron chi connectivity index (χ3n) is 2.44. The third-order valence-corrected chi connectivity index (χ3v) is 2.96. The average molecular weight is 278 g/mol. The lowest BCUT2D eigenvalue weighted by Gasteiger charge is -2.13. The van der Waals surface area contributed by atoms with Gasteiger partial charge in [-0.1, -0.05) is 34.1 Å². The first-order valence-corrected chi connectivity index (χ1v) is 5.69. The van der Waals surface area contributed by atoms with Crippen LogP contribution in [0.1, 0.15) is 17.2 Å². The number of nitrogens with two attached hydrogens (primary N) is 2. The lowest BCUT2D eigenvalue weighted by molar-refractivity contribution is 0.867. The predicted octanol–water partition coefficient (Wildman–Crippen LogP) is 2.47. The molecule has 0 fully saturated rings. The van der Waals surface area contributed by atoms with Gasteiger partial charge in [0.2, 0.25) is 0 Å². The van der Waals surface area contributed by atoms with Gasteiger partial charge in [0.1, 0.15) is 5.82 Å². The van der Waals surface area contributed by atoms with E-state index in [4.69, 9.17) is 11.5 Å². The van der Waals surface area contributed by atoms with Crippen molar-refractivity contribution in [1.82, 2.24) is 4.98 Å². The van der Waals surface area contributed by atoms with Gasteiger partial charge >= 0.3 is 0 Å². The van der Waals surface area contributed by atoms with Crippen LogP contribution >= 0.6 is 15.9 Å². The number of benzene rings is 1. The standard InChI is InChI=1S/C12H12BrN3/c13-9-5-3-8(4-6-9)11(14)10-2-1-7-16-12(10)15/h1-7,11H,14H2,(H2,15,16). The average Bonchev–Trinajstić information content (AvgIpc) is 2.30. The van der Waals surface area contributed by atoms with Crippen LogP contribution in [0.4, 0.5) is 5.82 Å². The van der Waals surface area contributed by atoms with Crippen molar-refractivity contribution < 1.29 is 0 Å². The van der Waals surface area contributed by atoms with Gasteiger partial charge in [0.15, 0.2) is 0 Å². The van der Waals surface area contributed by atoms with Gasteiger partial charge in [0.05, 0.1) is 6.04 Å². The number of pyridine rings is 1. The minimum atomic E-state index is -0.234. The van der Waals surface area contributed by atoms with Crippen LogP contribution in [0.3, 0.4) is 0 Å². The Morgan fingerprint density at radius 1 is 1.12 bits per heavy atom. The molecule has 1 unspecified atom stereocenters. The Morgan fingerprint density at radius 3 is 2.44 bits per heavy atom. The van der Waals surface area contributed by atoms with E-state index in [0.717, 1.165) is 15.6 Å². The van der Waals surface area contributed by atoms with Crippen LogP contribution in [0.15, 0.2) is 47.1 Å². The summed E-state index contributed by atoms with van der Waals surface area (Å²) in [5.74, 6) is 0.484. The van der Waals surface area contributed by atoms with Crippen molar-refractivity contribution in [3.63, 3.8) is 0 Å². The monoisotopic (exact) mass is 277 g/mol. The molecule has 2 rings (SSSR count). The molecule has 0 aliphatic heterocycles. The molecule has 16 heavy (non-hydrogen) atoms. The van der Waals surface area contributed by atoms with Crippen molar-refractivity contribution in [3.05, 3.63) is 58.2 Å². The van der Waals surface area contributed by atoms with E-state index < -0.39 is 0 Å². The number of rotatable bonds is 2. The Bertz CT molecular complexity index is 482. The lowest BCUT2D eigenvalue weighted by Crippen LogP contribution is -2.14. The van der Waals surface area contributed by atoms with Crippen LogP contribution in [-0.4, -0.2) is 4.98 Å². The lowest BCUT2D eigenvalue weighted by atomic mass is 10.0. The quantitative estimate of drug-likeness (QED) is 0.887. The predicted molar refractivity (Wildman–Crippen MR) is 68.8 cm³/mol. The maximum absolute atomic E-state index is 6.13. The van der Waals surface area contributed by atoms with E-state index in [-0.39, 0.29) is 6.04 Å². The number of hydrogen-bond acceptors (Lipinski definition) is 3. The van der Waals surface area contributed by atoms with E-state index in [1.165, 1.54) is 0 Å². The molecule has 1 heterocycles. The van der Waals surface area contributed by atoms with Crippen molar-refractivity contribution >= 4 is 21.7 Å². The highest BCUT2D eigenvalue weighted by Crippen LogP contribution is 2.24. The summed E-state index contributed by atoms with van der Waals surface area (Å²) < 4.78 is 1.03. The summed E-state index contributed by atoms with van der Waals surface area (Å²) in [5.41, 5.74) is 13.8. The summed E-state index contributed by atoms with van der Waals surface area (Å²) in [6.45, 7) is 0. The fourth-order valence-electron chi connectivity index (χ4n) is 1.54. The second-order valence-corrected chi connectivity index (χ2v) is 4.42. The molecule has 1 atom stereocenters. The summed E-state index contributed by atoms with van der Waals surface area (Å²) in [4.78, 5) is 4.03. The van der Waals surface area contributed by atoms with Crippen molar-refractivity contribution in [3.8, 4) is 0 Å². The maximum Gasteiger partial charge on any atom is 0.128 e. The van der Waals surface area contributed by atoms with Crippen molar-refractivity contribution in [2.45, 2.75) is 6.04 Å². The molecule has 0 spiro atoms.